The largest absolute Gasteiger partial charge is 0.379 e. The highest BCUT2D eigenvalue weighted by atomic mass is 16.5. The number of hydrogen-bond acceptors (Lipinski definition) is 5. The summed E-state index contributed by atoms with van der Waals surface area (Å²) < 4.78 is 10.1. The van der Waals surface area contributed by atoms with Gasteiger partial charge in [0.25, 0.3) is 0 Å². The van der Waals surface area contributed by atoms with Gasteiger partial charge in [0.05, 0.1) is 31.9 Å². The van der Waals surface area contributed by atoms with Gasteiger partial charge in [0.15, 0.2) is 5.76 Å². The third kappa shape index (κ3) is 2.40. The fraction of sp³-hybridized carbons (Fsp3) is 0.600. The van der Waals surface area contributed by atoms with Crippen LogP contribution in [0.25, 0.3) is 0 Å². The summed E-state index contributed by atoms with van der Waals surface area (Å²) in [6.07, 6.45) is 1.55. The number of carbonyl (C=O) groups is 1. The fourth-order valence-corrected chi connectivity index (χ4v) is 1.74. The van der Waals surface area contributed by atoms with Gasteiger partial charge in [-0.15, -0.1) is 0 Å². The molecule has 0 aromatic carbocycles. The first-order chi connectivity index (χ1) is 7.81. The second-order valence-corrected chi connectivity index (χ2v) is 3.74. The van der Waals surface area contributed by atoms with Gasteiger partial charge in [-0.05, 0) is 7.05 Å². The molecule has 1 aromatic rings. The second kappa shape index (κ2) is 5.09. The van der Waals surface area contributed by atoms with Gasteiger partial charge in [-0.2, -0.15) is 0 Å². The topological polar surface area (TPSA) is 76.4 Å². The monoisotopic (exact) mass is 225 g/mol. The van der Waals surface area contributed by atoms with Crippen LogP contribution < -0.4 is 10.6 Å². The standard InChI is InChI=1S/C10H15N3O3/c1-11-9-6-15-5-8(9)10(14)12-4-7-2-3-13-16-7/h2-3,8-9,11H,4-6H2,1H3,(H,12,14). The highest BCUT2D eigenvalue weighted by molar-refractivity contribution is 5.79. The van der Waals surface area contributed by atoms with Crippen LogP contribution in [0.15, 0.2) is 16.8 Å². The summed E-state index contributed by atoms with van der Waals surface area (Å²) in [6, 6.07) is 1.82. The summed E-state index contributed by atoms with van der Waals surface area (Å²) in [5.74, 6) is 0.495. The van der Waals surface area contributed by atoms with E-state index in [-0.39, 0.29) is 17.9 Å². The molecular weight excluding hydrogens is 210 g/mol. The van der Waals surface area contributed by atoms with Crippen molar-refractivity contribution in [3.05, 3.63) is 18.0 Å². The molecule has 0 radical (unpaired) electrons. The van der Waals surface area contributed by atoms with Crippen LogP contribution in [0.1, 0.15) is 5.76 Å². The van der Waals surface area contributed by atoms with Gasteiger partial charge in [0.2, 0.25) is 5.91 Å². The highest BCUT2D eigenvalue weighted by Gasteiger charge is 2.32. The summed E-state index contributed by atoms with van der Waals surface area (Å²) in [6.45, 7) is 1.41. The van der Waals surface area contributed by atoms with Gasteiger partial charge in [-0.25, -0.2) is 0 Å². The maximum absolute atomic E-state index is 11.8. The zero-order chi connectivity index (χ0) is 11.4. The molecule has 2 unspecified atom stereocenters. The molecule has 1 fully saturated rings. The minimum atomic E-state index is -0.132. The lowest BCUT2D eigenvalue weighted by atomic mass is 10.0. The van der Waals surface area contributed by atoms with Crippen LogP contribution in [0.3, 0.4) is 0 Å². The molecule has 6 heteroatoms. The number of carbonyl (C=O) groups excluding carboxylic acids is 1. The Hall–Kier alpha value is -1.40. The summed E-state index contributed by atoms with van der Waals surface area (Å²) in [7, 11) is 1.83. The molecule has 2 atom stereocenters. The number of hydrogen-bond donors (Lipinski definition) is 2. The Kier molecular flexibility index (Phi) is 3.53. The molecule has 2 N–H and O–H groups in total. The SMILES string of the molecule is CNC1COCC1C(=O)NCc1ccno1. The zero-order valence-electron chi connectivity index (χ0n) is 9.10. The van der Waals surface area contributed by atoms with Gasteiger partial charge in [0, 0.05) is 12.1 Å². The minimum absolute atomic E-state index is 0.0201. The molecule has 0 spiro atoms. The third-order valence-corrected chi connectivity index (χ3v) is 2.72. The van der Waals surface area contributed by atoms with Crippen LogP contribution in [-0.4, -0.2) is 37.4 Å². The van der Waals surface area contributed by atoms with Gasteiger partial charge in [0.1, 0.15) is 0 Å². The summed E-state index contributed by atoms with van der Waals surface area (Å²) in [5.41, 5.74) is 0. The number of nitrogens with zero attached hydrogens (tertiary/aromatic N) is 1. The van der Waals surface area contributed by atoms with Crippen molar-refractivity contribution in [2.75, 3.05) is 20.3 Å². The lowest BCUT2D eigenvalue weighted by molar-refractivity contribution is -0.125. The van der Waals surface area contributed by atoms with Crippen molar-refractivity contribution in [3.8, 4) is 0 Å². The first-order valence-corrected chi connectivity index (χ1v) is 5.23. The van der Waals surface area contributed by atoms with E-state index in [0.29, 0.717) is 25.5 Å². The van der Waals surface area contributed by atoms with E-state index in [4.69, 9.17) is 9.26 Å². The normalized spacial score (nSPS) is 24.6. The van der Waals surface area contributed by atoms with Gasteiger partial charge >= 0.3 is 0 Å². The molecule has 1 aromatic heterocycles. The average Bonchev–Trinajstić information content (AvgIpc) is 2.96. The fourth-order valence-electron chi connectivity index (χ4n) is 1.74. The molecule has 1 saturated heterocycles. The molecule has 88 valence electrons. The number of nitrogens with one attached hydrogen (secondary N) is 2. The molecule has 0 bridgehead atoms. The van der Waals surface area contributed by atoms with Crippen molar-refractivity contribution >= 4 is 5.91 Å². The molecule has 1 amide bonds. The molecule has 2 heterocycles. The lowest BCUT2D eigenvalue weighted by Crippen LogP contribution is -2.42. The predicted molar refractivity (Wildman–Crippen MR) is 55.5 cm³/mol. The number of amides is 1. The van der Waals surface area contributed by atoms with Gasteiger partial charge in [-0.1, -0.05) is 5.16 Å². The molecule has 1 aliphatic rings. The Morgan fingerprint density at radius 2 is 2.50 bits per heavy atom. The van der Waals surface area contributed by atoms with Crippen LogP contribution in [0.5, 0.6) is 0 Å². The Labute approximate surface area is 93.3 Å². The van der Waals surface area contributed by atoms with E-state index < -0.39 is 0 Å². The molecular formula is C10H15N3O3. The molecule has 16 heavy (non-hydrogen) atoms. The van der Waals surface area contributed by atoms with Gasteiger partial charge < -0.3 is 19.9 Å². The van der Waals surface area contributed by atoms with Crippen molar-refractivity contribution in [1.82, 2.24) is 15.8 Å². The number of aromatic nitrogens is 1. The quantitative estimate of drug-likeness (QED) is 0.724. The van der Waals surface area contributed by atoms with E-state index >= 15 is 0 Å². The first kappa shape index (κ1) is 11.1. The van der Waals surface area contributed by atoms with Crippen molar-refractivity contribution in [2.24, 2.45) is 5.92 Å². The Bertz CT molecular complexity index is 339. The minimum Gasteiger partial charge on any atom is -0.379 e. The summed E-state index contributed by atoms with van der Waals surface area (Å²) >= 11 is 0. The van der Waals surface area contributed by atoms with Crippen molar-refractivity contribution in [1.29, 1.82) is 0 Å². The van der Waals surface area contributed by atoms with E-state index in [0.717, 1.165) is 0 Å². The van der Waals surface area contributed by atoms with Crippen LogP contribution in [0.4, 0.5) is 0 Å². The van der Waals surface area contributed by atoms with Crippen LogP contribution in [0, 0.1) is 5.92 Å². The van der Waals surface area contributed by atoms with Crippen LogP contribution >= 0.6 is 0 Å². The number of likely N-dealkylation sites (N-methyl/N-ethyl adjacent to an activating group) is 1. The Morgan fingerprint density at radius 3 is 3.19 bits per heavy atom. The van der Waals surface area contributed by atoms with E-state index in [1.165, 1.54) is 0 Å². The summed E-state index contributed by atoms with van der Waals surface area (Å²) in [5, 5.41) is 9.43. The Balaban J connectivity index is 1.83. The van der Waals surface area contributed by atoms with E-state index in [9.17, 15) is 4.79 Å². The number of ether oxygens (including phenoxy) is 1. The second-order valence-electron chi connectivity index (χ2n) is 3.74. The molecule has 6 nitrogen and oxygen atoms in total. The van der Waals surface area contributed by atoms with E-state index in [1.54, 1.807) is 12.3 Å². The molecule has 0 aliphatic carbocycles. The molecule has 0 saturated carbocycles. The van der Waals surface area contributed by atoms with E-state index in [2.05, 4.69) is 15.8 Å². The van der Waals surface area contributed by atoms with Crippen LogP contribution in [0.2, 0.25) is 0 Å². The first-order valence-electron chi connectivity index (χ1n) is 5.23. The average molecular weight is 225 g/mol. The van der Waals surface area contributed by atoms with Crippen LogP contribution in [-0.2, 0) is 16.1 Å². The smallest absolute Gasteiger partial charge is 0.227 e. The summed E-state index contributed by atoms with van der Waals surface area (Å²) in [4.78, 5) is 11.8. The predicted octanol–water partition coefficient (Wildman–Crippen LogP) is -0.475. The highest BCUT2D eigenvalue weighted by Crippen LogP contribution is 2.13. The molecule has 2 rings (SSSR count). The van der Waals surface area contributed by atoms with Crippen molar-refractivity contribution in [3.63, 3.8) is 0 Å². The van der Waals surface area contributed by atoms with E-state index in [1.807, 2.05) is 7.05 Å². The Morgan fingerprint density at radius 1 is 1.62 bits per heavy atom. The van der Waals surface area contributed by atoms with Gasteiger partial charge in [-0.3, -0.25) is 4.79 Å². The number of rotatable bonds is 4. The maximum Gasteiger partial charge on any atom is 0.227 e. The van der Waals surface area contributed by atoms with Crippen molar-refractivity contribution in [2.45, 2.75) is 12.6 Å². The zero-order valence-corrected chi connectivity index (χ0v) is 9.10. The maximum atomic E-state index is 11.8. The third-order valence-electron chi connectivity index (χ3n) is 2.72. The lowest BCUT2D eigenvalue weighted by Gasteiger charge is -2.15. The van der Waals surface area contributed by atoms with Crippen molar-refractivity contribution < 1.29 is 14.1 Å². The molecule has 1 aliphatic heterocycles.